The maximum absolute atomic E-state index is 6.86. The number of rotatable bonds is 30. The van der Waals surface area contributed by atoms with Crippen molar-refractivity contribution in [2.24, 2.45) is 0 Å². The zero-order valence-electron chi connectivity index (χ0n) is 43.6. The Bertz CT molecular complexity index is 2080. The zero-order chi connectivity index (χ0) is 47.6. The smallest absolute Gasteiger partial charge is 0.0554 e. The fourth-order valence-electron chi connectivity index (χ4n) is 13.7. The highest BCUT2D eigenvalue weighted by Gasteiger charge is 2.51. The van der Waals surface area contributed by atoms with Crippen molar-refractivity contribution in [2.75, 3.05) is 22.9 Å². The molecule has 67 heavy (non-hydrogen) atoms. The first-order chi connectivity index (χ1) is 32.6. The number of anilines is 4. The lowest BCUT2D eigenvalue weighted by atomic mass is 9.68. The summed E-state index contributed by atoms with van der Waals surface area (Å²) in [6.07, 6.45) is 37.3. The molecular formula is C63H94N4. The van der Waals surface area contributed by atoms with Crippen LogP contribution in [0.3, 0.4) is 0 Å². The molecule has 4 aromatic carbocycles. The normalized spacial score (nSPS) is 15.3. The maximum Gasteiger partial charge on any atom is 0.0554 e. The lowest BCUT2D eigenvalue weighted by molar-refractivity contribution is 0.396. The van der Waals surface area contributed by atoms with Gasteiger partial charge in [-0.05, 0) is 154 Å². The van der Waals surface area contributed by atoms with E-state index in [1.54, 1.807) is 22.3 Å². The molecule has 4 aromatic rings. The van der Waals surface area contributed by atoms with Gasteiger partial charge in [0.25, 0.3) is 0 Å². The number of unbranched alkanes of at least 4 members (excludes halogenated alkanes) is 18. The van der Waals surface area contributed by atoms with E-state index in [1.165, 1.54) is 211 Å². The van der Waals surface area contributed by atoms with Gasteiger partial charge < -0.3 is 22.9 Å². The third-order valence-electron chi connectivity index (χ3n) is 17.5. The third kappa shape index (κ3) is 9.95. The highest BCUT2D eigenvalue weighted by molar-refractivity contribution is 5.95. The Morgan fingerprint density at radius 2 is 0.418 bits per heavy atom. The van der Waals surface area contributed by atoms with Crippen LogP contribution in [0.25, 0.3) is 33.4 Å². The molecule has 4 nitrogen and oxygen atoms in total. The summed E-state index contributed by atoms with van der Waals surface area (Å²) in [5, 5.41) is 0. The number of fused-ring (bicyclic) bond motifs is 9. The van der Waals surface area contributed by atoms with Gasteiger partial charge in [0.15, 0.2) is 0 Å². The SMILES string of the molecule is CCCCCCC1(CCCCCC)c2cc(N)c(N)cc2-c2cc3c(cc21)-c1cc2c(cc1C3(CCCCCC)CCCCCC)-c1cc(N)c(N)cc1C2(CCCCCC)CCCCCC. The average molecular weight is 907 g/mol. The Morgan fingerprint density at radius 1 is 0.239 bits per heavy atom. The van der Waals surface area contributed by atoms with E-state index in [0.29, 0.717) is 0 Å². The van der Waals surface area contributed by atoms with Crippen LogP contribution in [0.1, 0.15) is 268 Å². The van der Waals surface area contributed by atoms with Crippen molar-refractivity contribution < 1.29 is 0 Å². The van der Waals surface area contributed by atoms with Crippen molar-refractivity contribution >= 4 is 22.7 Å². The van der Waals surface area contributed by atoms with Gasteiger partial charge in [-0.2, -0.15) is 0 Å². The van der Waals surface area contributed by atoms with Crippen LogP contribution in [0, 0.1) is 0 Å². The molecule has 4 heteroatoms. The molecule has 0 aromatic heterocycles. The second-order valence-corrected chi connectivity index (χ2v) is 22.1. The summed E-state index contributed by atoms with van der Waals surface area (Å²) in [7, 11) is 0. The van der Waals surface area contributed by atoms with Crippen LogP contribution < -0.4 is 22.9 Å². The van der Waals surface area contributed by atoms with Crippen LogP contribution in [0.5, 0.6) is 0 Å². The molecule has 0 aliphatic heterocycles. The van der Waals surface area contributed by atoms with Crippen LogP contribution in [0.4, 0.5) is 22.7 Å². The van der Waals surface area contributed by atoms with Gasteiger partial charge in [0, 0.05) is 16.2 Å². The predicted octanol–water partition coefficient (Wildman–Crippen LogP) is 18.6. The van der Waals surface area contributed by atoms with E-state index >= 15 is 0 Å². The van der Waals surface area contributed by atoms with E-state index in [1.807, 2.05) is 0 Å². The van der Waals surface area contributed by atoms with E-state index in [2.05, 4.69) is 90.1 Å². The first-order valence-corrected chi connectivity index (χ1v) is 28.4. The monoisotopic (exact) mass is 907 g/mol. The molecule has 0 saturated carbocycles. The molecule has 0 amide bonds. The number of hydrogen-bond acceptors (Lipinski definition) is 4. The molecule has 7 rings (SSSR count). The molecule has 0 saturated heterocycles. The lowest BCUT2D eigenvalue weighted by Crippen LogP contribution is -2.27. The molecule has 8 N–H and O–H groups in total. The minimum atomic E-state index is -0.0823. The van der Waals surface area contributed by atoms with E-state index < -0.39 is 0 Å². The Morgan fingerprint density at radius 3 is 0.627 bits per heavy atom. The minimum Gasteiger partial charge on any atom is -0.397 e. The van der Waals surface area contributed by atoms with Gasteiger partial charge in [-0.1, -0.05) is 196 Å². The van der Waals surface area contributed by atoms with E-state index in [0.717, 1.165) is 48.4 Å². The summed E-state index contributed by atoms with van der Waals surface area (Å²) in [6.45, 7) is 14.1. The lowest BCUT2D eigenvalue weighted by Gasteiger charge is -2.35. The maximum atomic E-state index is 6.86. The molecule has 366 valence electrons. The minimum absolute atomic E-state index is 0.0732. The molecule has 0 spiro atoms. The fourth-order valence-corrected chi connectivity index (χ4v) is 13.7. The largest absolute Gasteiger partial charge is 0.397 e. The number of nitrogens with two attached hydrogens (primary N) is 4. The van der Waals surface area contributed by atoms with E-state index in [9.17, 15) is 0 Å². The summed E-state index contributed by atoms with van der Waals surface area (Å²) in [6, 6.07) is 20.2. The second-order valence-electron chi connectivity index (χ2n) is 22.1. The number of nitrogen functional groups attached to an aromatic ring is 4. The summed E-state index contributed by atoms with van der Waals surface area (Å²) in [4.78, 5) is 0. The van der Waals surface area contributed by atoms with Gasteiger partial charge in [-0.15, -0.1) is 0 Å². The van der Waals surface area contributed by atoms with Crippen LogP contribution in [-0.2, 0) is 16.2 Å². The third-order valence-corrected chi connectivity index (χ3v) is 17.5. The Kier molecular flexibility index (Phi) is 17.6. The number of benzene rings is 4. The highest BCUT2D eigenvalue weighted by Crippen LogP contribution is 2.64. The number of hydrogen-bond donors (Lipinski definition) is 4. The van der Waals surface area contributed by atoms with Gasteiger partial charge in [-0.25, -0.2) is 0 Å². The van der Waals surface area contributed by atoms with E-state index in [4.69, 9.17) is 22.9 Å². The van der Waals surface area contributed by atoms with Crippen LogP contribution >= 0.6 is 0 Å². The molecule has 0 fully saturated rings. The zero-order valence-corrected chi connectivity index (χ0v) is 43.6. The Balaban J connectivity index is 1.53. The van der Waals surface area contributed by atoms with Gasteiger partial charge in [-0.3, -0.25) is 0 Å². The molecule has 3 aliphatic carbocycles. The van der Waals surface area contributed by atoms with E-state index in [-0.39, 0.29) is 16.2 Å². The molecular weight excluding hydrogens is 813 g/mol. The summed E-state index contributed by atoms with van der Waals surface area (Å²) < 4.78 is 0. The second kappa shape index (κ2) is 23.1. The topological polar surface area (TPSA) is 104 Å². The fraction of sp³-hybridized carbons (Fsp3) is 0.619. The van der Waals surface area contributed by atoms with Crippen molar-refractivity contribution in [1.82, 2.24) is 0 Å². The van der Waals surface area contributed by atoms with Crippen molar-refractivity contribution in [3.8, 4) is 33.4 Å². The van der Waals surface area contributed by atoms with Crippen molar-refractivity contribution in [3.63, 3.8) is 0 Å². The van der Waals surface area contributed by atoms with Crippen molar-refractivity contribution in [2.45, 2.75) is 250 Å². The van der Waals surface area contributed by atoms with Crippen molar-refractivity contribution in [1.29, 1.82) is 0 Å². The molecule has 0 unspecified atom stereocenters. The summed E-state index contributed by atoms with van der Waals surface area (Å²) >= 11 is 0. The average Bonchev–Trinajstić information content (AvgIpc) is 3.84. The first kappa shape index (κ1) is 50.9. The predicted molar refractivity (Wildman–Crippen MR) is 295 cm³/mol. The van der Waals surface area contributed by atoms with Crippen molar-refractivity contribution in [3.05, 3.63) is 81.9 Å². The molecule has 0 radical (unpaired) electrons. The van der Waals surface area contributed by atoms with Crippen LogP contribution in [0.15, 0.2) is 48.5 Å². The molecule has 0 atom stereocenters. The van der Waals surface area contributed by atoms with Crippen LogP contribution in [-0.4, -0.2) is 0 Å². The van der Waals surface area contributed by atoms with Crippen LogP contribution in [0.2, 0.25) is 0 Å². The molecule has 3 aliphatic rings. The van der Waals surface area contributed by atoms with Gasteiger partial charge in [0.2, 0.25) is 0 Å². The molecule has 0 bridgehead atoms. The first-order valence-electron chi connectivity index (χ1n) is 28.4. The quantitative estimate of drug-likeness (QED) is 0.0309. The standard InChI is InChI=1S/C63H94N4/c1-7-13-19-25-31-61(32-26-20-14-8-2)51-39-47-49-41-57(64)59(66)43-55(49)62(33-27-21-15-9-3,34-28-22-16-10-4)53(47)37-45(51)46-38-54-48(40-52(46)61)50-42-58(65)60(67)44-56(50)63(54,35-29-23-17-11-5)36-30-24-18-12-6/h37-44H,7-36,64-67H2,1-6H3. The summed E-state index contributed by atoms with van der Waals surface area (Å²) in [5.74, 6) is 0. The molecule has 0 heterocycles. The van der Waals surface area contributed by atoms with Gasteiger partial charge in [0.1, 0.15) is 0 Å². The van der Waals surface area contributed by atoms with Gasteiger partial charge >= 0.3 is 0 Å². The van der Waals surface area contributed by atoms with Gasteiger partial charge in [0.05, 0.1) is 22.7 Å². The Labute approximate surface area is 409 Å². The summed E-state index contributed by atoms with van der Waals surface area (Å²) in [5.41, 5.74) is 47.8. The Hall–Kier alpha value is -3.92. The highest BCUT2D eigenvalue weighted by atomic mass is 14.7.